The summed E-state index contributed by atoms with van der Waals surface area (Å²) in [6, 6.07) is 7.76. The Labute approximate surface area is 151 Å². The Morgan fingerprint density at radius 2 is 2.15 bits per heavy atom. The minimum absolute atomic E-state index is 0.0200. The van der Waals surface area contributed by atoms with Crippen LogP contribution in [-0.2, 0) is 6.61 Å². The fourth-order valence-electron chi connectivity index (χ4n) is 2.41. The number of pyridine rings is 1. The topological polar surface area (TPSA) is 75.9 Å². The van der Waals surface area contributed by atoms with E-state index in [0.717, 1.165) is 9.96 Å². The molecule has 0 saturated heterocycles. The first-order valence-corrected chi connectivity index (χ1v) is 7.91. The quantitative estimate of drug-likeness (QED) is 0.707. The second-order valence-corrected chi connectivity index (χ2v) is 5.84. The number of benzene rings is 1. The highest BCUT2D eigenvalue weighted by molar-refractivity contribution is 6.31. The molecule has 2 N–H and O–H groups in total. The van der Waals surface area contributed by atoms with Crippen molar-refractivity contribution >= 4 is 28.8 Å². The number of alkyl halides is 2. The molecule has 0 bridgehead atoms. The maximum atomic E-state index is 12.6. The van der Waals surface area contributed by atoms with Gasteiger partial charge in [-0.1, -0.05) is 17.7 Å². The molecule has 0 spiro atoms. The number of rotatable bonds is 5. The number of nitrogens with zero attached hydrogens (tertiary/aromatic N) is 2. The fourth-order valence-corrected chi connectivity index (χ4v) is 2.60. The molecule has 0 radical (unpaired) electrons. The molecular formula is C17H14ClF2N3O3. The molecule has 0 aliphatic heterocycles. The summed E-state index contributed by atoms with van der Waals surface area (Å²) >= 11 is 6.08. The van der Waals surface area contributed by atoms with Crippen LogP contribution in [0.15, 0.2) is 41.3 Å². The summed E-state index contributed by atoms with van der Waals surface area (Å²) in [4.78, 5) is 16.8. The van der Waals surface area contributed by atoms with Crippen molar-refractivity contribution in [1.29, 1.82) is 0 Å². The molecule has 0 amide bonds. The van der Waals surface area contributed by atoms with Crippen molar-refractivity contribution in [3.63, 3.8) is 0 Å². The number of aliphatic hydroxyl groups excluding tert-OH is 1. The molecule has 0 unspecified atom stereocenters. The van der Waals surface area contributed by atoms with Gasteiger partial charge in [0.1, 0.15) is 5.82 Å². The van der Waals surface area contributed by atoms with E-state index in [4.69, 9.17) is 11.6 Å². The van der Waals surface area contributed by atoms with E-state index in [2.05, 4.69) is 15.0 Å². The van der Waals surface area contributed by atoms with Gasteiger partial charge in [-0.2, -0.15) is 8.78 Å². The van der Waals surface area contributed by atoms with Crippen molar-refractivity contribution in [3.8, 4) is 5.75 Å². The first-order chi connectivity index (χ1) is 12.4. The van der Waals surface area contributed by atoms with Gasteiger partial charge in [-0.25, -0.2) is 4.98 Å². The van der Waals surface area contributed by atoms with E-state index in [1.165, 1.54) is 18.3 Å². The predicted molar refractivity (Wildman–Crippen MR) is 93.5 cm³/mol. The Balaban J connectivity index is 2.17. The van der Waals surface area contributed by atoms with E-state index in [9.17, 15) is 18.7 Å². The molecule has 1 aromatic carbocycles. The van der Waals surface area contributed by atoms with Crippen molar-refractivity contribution < 1.29 is 18.6 Å². The molecule has 136 valence electrons. The SMILES string of the molecule is Cc1ccc(Nc2nc3c(OC(F)F)cccn3c(=O)c2CO)cc1Cl. The minimum atomic E-state index is -3.07. The van der Waals surface area contributed by atoms with Crippen LogP contribution in [0.25, 0.3) is 5.65 Å². The summed E-state index contributed by atoms with van der Waals surface area (Å²) in [6.07, 6.45) is 1.36. The van der Waals surface area contributed by atoms with Crippen molar-refractivity contribution in [1.82, 2.24) is 9.38 Å². The summed E-state index contributed by atoms with van der Waals surface area (Å²) in [5.41, 5.74) is 0.666. The van der Waals surface area contributed by atoms with Gasteiger partial charge in [-0.15, -0.1) is 0 Å². The number of fused-ring (bicyclic) bond motifs is 1. The lowest BCUT2D eigenvalue weighted by Gasteiger charge is -2.14. The average Bonchev–Trinajstić information content (AvgIpc) is 2.59. The first-order valence-electron chi connectivity index (χ1n) is 7.54. The van der Waals surface area contributed by atoms with E-state index < -0.39 is 18.8 Å². The summed E-state index contributed by atoms with van der Waals surface area (Å²) in [5, 5.41) is 13.0. The minimum Gasteiger partial charge on any atom is -0.431 e. The van der Waals surface area contributed by atoms with Gasteiger partial charge in [-0.05, 0) is 36.8 Å². The highest BCUT2D eigenvalue weighted by Gasteiger charge is 2.17. The van der Waals surface area contributed by atoms with Crippen molar-refractivity contribution in [2.24, 2.45) is 0 Å². The van der Waals surface area contributed by atoms with Crippen LogP contribution >= 0.6 is 11.6 Å². The van der Waals surface area contributed by atoms with Crippen LogP contribution in [-0.4, -0.2) is 21.1 Å². The highest BCUT2D eigenvalue weighted by atomic mass is 35.5. The molecule has 0 aliphatic rings. The number of halogens is 3. The first kappa shape index (κ1) is 18.1. The highest BCUT2D eigenvalue weighted by Crippen LogP contribution is 2.26. The fraction of sp³-hybridized carbons (Fsp3) is 0.176. The number of nitrogens with one attached hydrogen (secondary N) is 1. The van der Waals surface area contributed by atoms with E-state index in [1.54, 1.807) is 18.2 Å². The molecular weight excluding hydrogens is 368 g/mol. The number of aliphatic hydroxyl groups is 1. The van der Waals surface area contributed by atoms with Gasteiger partial charge in [0.25, 0.3) is 5.56 Å². The van der Waals surface area contributed by atoms with Gasteiger partial charge >= 0.3 is 6.61 Å². The third-order valence-corrected chi connectivity index (χ3v) is 4.13. The van der Waals surface area contributed by atoms with Gasteiger partial charge in [0.15, 0.2) is 11.4 Å². The molecule has 0 saturated carbocycles. The number of hydrogen-bond acceptors (Lipinski definition) is 5. The van der Waals surface area contributed by atoms with Crippen LogP contribution in [0.5, 0.6) is 5.75 Å². The standard InChI is InChI=1S/C17H14ClF2N3O3/c1-9-4-5-10(7-12(9)18)21-14-11(8-24)16(25)23-6-2-3-13(15(23)22-14)26-17(19)20/h2-7,17,21,24H,8H2,1H3. The van der Waals surface area contributed by atoms with Gasteiger partial charge in [0.2, 0.25) is 0 Å². The van der Waals surface area contributed by atoms with Crippen LogP contribution in [0, 0.1) is 6.92 Å². The lowest BCUT2D eigenvalue weighted by atomic mass is 10.2. The zero-order chi connectivity index (χ0) is 18.8. The van der Waals surface area contributed by atoms with Crippen molar-refractivity contribution in [2.45, 2.75) is 20.1 Å². The second-order valence-electron chi connectivity index (χ2n) is 5.44. The molecule has 9 heteroatoms. The second kappa shape index (κ2) is 7.27. The Hall–Kier alpha value is -2.71. The van der Waals surface area contributed by atoms with Crippen LogP contribution in [0.4, 0.5) is 20.3 Å². The van der Waals surface area contributed by atoms with Crippen molar-refractivity contribution in [3.05, 3.63) is 63.0 Å². The number of aromatic nitrogens is 2. The predicted octanol–water partition coefficient (Wildman–Crippen LogP) is 3.49. The normalized spacial score (nSPS) is 11.2. The summed E-state index contributed by atoms with van der Waals surface area (Å²) in [6.45, 7) is -1.82. The molecule has 26 heavy (non-hydrogen) atoms. The average molecular weight is 382 g/mol. The lowest BCUT2D eigenvalue weighted by molar-refractivity contribution is -0.0491. The molecule has 2 aromatic heterocycles. The van der Waals surface area contributed by atoms with Gasteiger partial charge < -0.3 is 15.2 Å². The zero-order valence-corrected chi connectivity index (χ0v) is 14.3. The van der Waals surface area contributed by atoms with E-state index in [1.807, 2.05) is 6.92 Å². The molecule has 0 fully saturated rings. The third kappa shape index (κ3) is 3.47. The number of ether oxygens (including phenoxy) is 1. The van der Waals surface area contributed by atoms with E-state index in [-0.39, 0.29) is 22.8 Å². The molecule has 6 nitrogen and oxygen atoms in total. The maximum Gasteiger partial charge on any atom is 0.387 e. The van der Waals surface area contributed by atoms with Crippen molar-refractivity contribution in [2.75, 3.05) is 5.32 Å². The Morgan fingerprint density at radius 3 is 2.81 bits per heavy atom. The number of aryl methyl sites for hydroxylation is 1. The van der Waals surface area contributed by atoms with Crippen LogP contribution in [0.2, 0.25) is 5.02 Å². The smallest absolute Gasteiger partial charge is 0.387 e. The van der Waals surface area contributed by atoms with Crippen LogP contribution in [0.1, 0.15) is 11.1 Å². The molecule has 2 heterocycles. The summed E-state index contributed by atoms with van der Waals surface area (Å²) in [7, 11) is 0. The maximum absolute atomic E-state index is 12.6. The van der Waals surface area contributed by atoms with Gasteiger partial charge in [0, 0.05) is 16.9 Å². The van der Waals surface area contributed by atoms with Gasteiger partial charge in [-0.3, -0.25) is 9.20 Å². The van der Waals surface area contributed by atoms with Gasteiger partial charge in [0.05, 0.1) is 12.2 Å². The number of anilines is 2. The van der Waals surface area contributed by atoms with Crippen LogP contribution in [0.3, 0.4) is 0 Å². The largest absolute Gasteiger partial charge is 0.431 e. The molecule has 0 aliphatic carbocycles. The molecule has 3 rings (SSSR count). The molecule has 3 aromatic rings. The van der Waals surface area contributed by atoms with Crippen LogP contribution < -0.4 is 15.6 Å². The Bertz CT molecular complexity index is 1020. The summed E-state index contributed by atoms with van der Waals surface area (Å²) in [5.74, 6) is -0.225. The molecule has 0 atom stereocenters. The Kier molecular flexibility index (Phi) is 5.06. The third-order valence-electron chi connectivity index (χ3n) is 3.72. The monoisotopic (exact) mass is 381 g/mol. The Morgan fingerprint density at radius 1 is 1.38 bits per heavy atom. The lowest BCUT2D eigenvalue weighted by Crippen LogP contribution is -2.22. The zero-order valence-electron chi connectivity index (χ0n) is 13.5. The van der Waals surface area contributed by atoms with E-state index >= 15 is 0 Å². The summed E-state index contributed by atoms with van der Waals surface area (Å²) < 4.78 is 30.7. The number of hydrogen-bond donors (Lipinski definition) is 2. The van der Waals surface area contributed by atoms with E-state index in [0.29, 0.717) is 10.7 Å².